The molecule has 6 nitrogen and oxygen atoms in total. The van der Waals surface area contributed by atoms with Gasteiger partial charge >= 0.3 is 5.97 Å². The molecule has 0 radical (unpaired) electrons. The Morgan fingerprint density at radius 2 is 2.29 bits per heavy atom. The number of nitrogens with zero attached hydrogens (tertiary/aromatic N) is 2. The first kappa shape index (κ1) is 13.5. The number of oxazole rings is 1. The summed E-state index contributed by atoms with van der Waals surface area (Å²) < 4.78 is 15.1. The maximum atomic E-state index is 11.4. The number of hydrogen-bond acceptors (Lipinski definition) is 6. The summed E-state index contributed by atoms with van der Waals surface area (Å²) in [6.07, 6.45) is 1.31. The van der Waals surface area contributed by atoms with Crippen molar-refractivity contribution in [3.63, 3.8) is 0 Å². The van der Waals surface area contributed by atoms with Crippen molar-refractivity contribution in [2.24, 2.45) is 0 Å². The van der Waals surface area contributed by atoms with E-state index in [1.165, 1.54) is 6.26 Å². The summed E-state index contributed by atoms with van der Waals surface area (Å²) in [5.41, 5.74) is 0.192. The van der Waals surface area contributed by atoms with E-state index in [1.54, 1.807) is 14.0 Å². The SMILES string of the molecule is CCOC(=O)c1coc(N(CC)CCOC)n1. The molecule has 0 unspecified atom stereocenters. The van der Waals surface area contributed by atoms with Gasteiger partial charge in [0.2, 0.25) is 0 Å². The molecular weight excluding hydrogens is 224 g/mol. The van der Waals surface area contributed by atoms with E-state index in [4.69, 9.17) is 13.9 Å². The van der Waals surface area contributed by atoms with Gasteiger partial charge in [-0.3, -0.25) is 0 Å². The summed E-state index contributed by atoms with van der Waals surface area (Å²) in [6, 6.07) is 0.410. The highest BCUT2D eigenvalue weighted by Crippen LogP contribution is 2.13. The fraction of sp³-hybridized carbons (Fsp3) is 0.636. The van der Waals surface area contributed by atoms with Gasteiger partial charge in [-0.1, -0.05) is 0 Å². The van der Waals surface area contributed by atoms with Gasteiger partial charge in [0.25, 0.3) is 6.01 Å². The van der Waals surface area contributed by atoms with Gasteiger partial charge in [0, 0.05) is 20.2 Å². The van der Waals surface area contributed by atoms with E-state index in [-0.39, 0.29) is 5.69 Å². The van der Waals surface area contributed by atoms with E-state index in [2.05, 4.69) is 4.98 Å². The van der Waals surface area contributed by atoms with Gasteiger partial charge in [-0.15, -0.1) is 0 Å². The Kier molecular flexibility index (Phi) is 5.48. The van der Waals surface area contributed by atoms with Crippen molar-refractivity contribution < 1.29 is 18.7 Å². The zero-order valence-corrected chi connectivity index (χ0v) is 10.4. The number of likely N-dealkylation sites (N-methyl/N-ethyl adjacent to an activating group) is 1. The number of carbonyl (C=O) groups excluding carboxylic acids is 1. The largest absolute Gasteiger partial charge is 0.461 e. The Morgan fingerprint density at radius 1 is 1.53 bits per heavy atom. The summed E-state index contributed by atoms with van der Waals surface area (Å²) in [7, 11) is 1.63. The zero-order valence-electron chi connectivity index (χ0n) is 10.4. The lowest BCUT2D eigenvalue weighted by atomic mass is 10.5. The van der Waals surface area contributed by atoms with E-state index in [9.17, 15) is 4.79 Å². The highest BCUT2D eigenvalue weighted by atomic mass is 16.5. The van der Waals surface area contributed by atoms with Crippen LogP contribution in [0.2, 0.25) is 0 Å². The quantitative estimate of drug-likeness (QED) is 0.672. The van der Waals surface area contributed by atoms with Crippen LogP contribution in [-0.2, 0) is 9.47 Å². The predicted molar refractivity (Wildman–Crippen MR) is 62.2 cm³/mol. The van der Waals surface area contributed by atoms with Crippen LogP contribution in [0.1, 0.15) is 24.3 Å². The molecule has 0 atom stereocenters. The number of aromatic nitrogens is 1. The van der Waals surface area contributed by atoms with Gasteiger partial charge in [0.1, 0.15) is 6.26 Å². The Hall–Kier alpha value is -1.56. The van der Waals surface area contributed by atoms with Crippen LogP contribution in [0.5, 0.6) is 0 Å². The fourth-order valence-corrected chi connectivity index (χ4v) is 1.30. The van der Waals surface area contributed by atoms with Crippen molar-refractivity contribution >= 4 is 12.0 Å². The van der Waals surface area contributed by atoms with Crippen LogP contribution in [0, 0.1) is 0 Å². The Morgan fingerprint density at radius 3 is 2.88 bits per heavy atom. The summed E-state index contributed by atoms with van der Waals surface area (Å²) in [5.74, 6) is -0.467. The van der Waals surface area contributed by atoms with Gasteiger partial charge in [0.05, 0.1) is 13.2 Å². The number of anilines is 1. The van der Waals surface area contributed by atoms with E-state index >= 15 is 0 Å². The molecular formula is C11H18N2O4. The van der Waals surface area contributed by atoms with Crippen LogP contribution in [0.25, 0.3) is 0 Å². The molecule has 0 aliphatic rings. The molecule has 0 saturated heterocycles. The third-order valence-electron chi connectivity index (χ3n) is 2.19. The Balaban J connectivity index is 2.67. The molecule has 0 aliphatic heterocycles. The van der Waals surface area contributed by atoms with E-state index in [0.29, 0.717) is 25.8 Å². The molecule has 0 aliphatic carbocycles. The van der Waals surface area contributed by atoms with Crippen LogP contribution in [0.4, 0.5) is 6.01 Å². The maximum absolute atomic E-state index is 11.4. The molecule has 1 aromatic rings. The van der Waals surface area contributed by atoms with Gasteiger partial charge in [-0.05, 0) is 13.8 Å². The van der Waals surface area contributed by atoms with E-state index in [0.717, 1.165) is 6.54 Å². The van der Waals surface area contributed by atoms with Gasteiger partial charge < -0.3 is 18.8 Å². The van der Waals surface area contributed by atoms with Crippen molar-refractivity contribution in [2.45, 2.75) is 13.8 Å². The number of methoxy groups -OCH3 is 1. The summed E-state index contributed by atoms with van der Waals surface area (Å²) >= 11 is 0. The second-order valence-corrected chi connectivity index (χ2v) is 3.31. The predicted octanol–water partition coefficient (Wildman–Crippen LogP) is 1.32. The third kappa shape index (κ3) is 3.74. The van der Waals surface area contributed by atoms with Crippen molar-refractivity contribution in [1.82, 2.24) is 4.98 Å². The molecule has 96 valence electrons. The molecule has 0 aromatic carbocycles. The Bertz CT molecular complexity index is 351. The number of esters is 1. The first-order valence-electron chi connectivity index (χ1n) is 5.59. The van der Waals surface area contributed by atoms with Crippen LogP contribution >= 0.6 is 0 Å². The molecule has 0 spiro atoms. The van der Waals surface area contributed by atoms with Gasteiger partial charge in [-0.25, -0.2) is 4.79 Å². The fourth-order valence-electron chi connectivity index (χ4n) is 1.30. The lowest BCUT2D eigenvalue weighted by molar-refractivity contribution is 0.0519. The highest BCUT2D eigenvalue weighted by molar-refractivity contribution is 5.87. The van der Waals surface area contributed by atoms with E-state index < -0.39 is 5.97 Å². The molecule has 0 saturated carbocycles. The molecule has 0 N–H and O–H groups in total. The number of rotatable bonds is 7. The van der Waals surface area contributed by atoms with Crippen LogP contribution < -0.4 is 4.90 Å². The Labute approximate surface area is 101 Å². The molecule has 1 rings (SSSR count). The average Bonchev–Trinajstić information content (AvgIpc) is 2.80. The molecule has 0 amide bonds. The lowest BCUT2D eigenvalue weighted by Crippen LogP contribution is -2.27. The topological polar surface area (TPSA) is 64.8 Å². The van der Waals surface area contributed by atoms with Gasteiger partial charge in [-0.2, -0.15) is 4.98 Å². The number of hydrogen-bond donors (Lipinski definition) is 0. The summed E-state index contributed by atoms with van der Waals surface area (Å²) in [6.45, 7) is 6.01. The average molecular weight is 242 g/mol. The standard InChI is InChI=1S/C11H18N2O4/c1-4-13(6-7-15-3)11-12-9(8-17-11)10(14)16-5-2/h8H,4-7H2,1-3H3. The number of ether oxygens (including phenoxy) is 2. The van der Waals surface area contributed by atoms with Crippen molar-refractivity contribution in [2.75, 3.05) is 38.3 Å². The molecule has 1 heterocycles. The molecule has 6 heteroatoms. The van der Waals surface area contributed by atoms with Crippen LogP contribution in [0.3, 0.4) is 0 Å². The molecule has 0 bridgehead atoms. The monoisotopic (exact) mass is 242 g/mol. The second-order valence-electron chi connectivity index (χ2n) is 3.31. The van der Waals surface area contributed by atoms with Gasteiger partial charge in [0.15, 0.2) is 5.69 Å². The smallest absolute Gasteiger partial charge is 0.360 e. The molecule has 0 fully saturated rings. The van der Waals surface area contributed by atoms with Crippen LogP contribution in [0.15, 0.2) is 10.7 Å². The van der Waals surface area contributed by atoms with Crippen molar-refractivity contribution in [1.29, 1.82) is 0 Å². The minimum Gasteiger partial charge on any atom is -0.461 e. The number of carbonyl (C=O) groups is 1. The second kappa shape index (κ2) is 6.90. The maximum Gasteiger partial charge on any atom is 0.360 e. The van der Waals surface area contributed by atoms with Crippen molar-refractivity contribution in [3.8, 4) is 0 Å². The third-order valence-corrected chi connectivity index (χ3v) is 2.19. The van der Waals surface area contributed by atoms with Crippen LogP contribution in [-0.4, -0.2) is 44.4 Å². The zero-order chi connectivity index (χ0) is 12.7. The van der Waals surface area contributed by atoms with Crippen molar-refractivity contribution in [3.05, 3.63) is 12.0 Å². The first-order valence-corrected chi connectivity index (χ1v) is 5.59. The lowest BCUT2D eigenvalue weighted by Gasteiger charge is -2.17. The summed E-state index contributed by atoms with van der Waals surface area (Å²) in [5, 5.41) is 0. The highest BCUT2D eigenvalue weighted by Gasteiger charge is 2.16. The summed E-state index contributed by atoms with van der Waals surface area (Å²) in [4.78, 5) is 17.4. The van der Waals surface area contributed by atoms with E-state index in [1.807, 2.05) is 11.8 Å². The molecule has 17 heavy (non-hydrogen) atoms. The normalized spacial score (nSPS) is 10.3. The molecule has 1 aromatic heterocycles. The first-order chi connectivity index (χ1) is 8.22. The minimum absolute atomic E-state index is 0.192. The minimum atomic E-state index is -0.467.